The Morgan fingerprint density at radius 2 is 2.14 bits per heavy atom. The standard InChI is InChI=1S/C10H15NO3/c1-7-3-8(2)11-10(4-7)14-6-9(13)5-12/h3-4,9,12-13H,5-6H2,1-2H3/t9-/m1/s1. The summed E-state index contributed by atoms with van der Waals surface area (Å²) in [6, 6.07) is 3.73. The number of hydrogen-bond donors (Lipinski definition) is 2. The minimum atomic E-state index is -0.849. The molecule has 78 valence electrons. The van der Waals surface area contributed by atoms with E-state index in [-0.39, 0.29) is 13.2 Å². The Balaban J connectivity index is 2.58. The molecule has 0 aliphatic heterocycles. The smallest absolute Gasteiger partial charge is 0.213 e. The van der Waals surface area contributed by atoms with Crippen molar-refractivity contribution in [1.82, 2.24) is 4.98 Å². The van der Waals surface area contributed by atoms with E-state index < -0.39 is 6.10 Å². The van der Waals surface area contributed by atoms with Crippen LogP contribution in [0.25, 0.3) is 0 Å². The van der Waals surface area contributed by atoms with Crippen LogP contribution in [0, 0.1) is 13.8 Å². The third-order valence-electron chi connectivity index (χ3n) is 1.71. The number of aryl methyl sites for hydroxylation is 2. The van der Waals surface area contributed by atoms with Crippen molar-refractivity contribution in [2.75, 3.05) is 13.2 Å². The fraction of sp³-hybridized carbons (Fsp3) is 0.500. The summed E-state index contributed by atoms with van der Waals surface area (Å²) in [6.07, 6.45) is -0.849. The molecule has 2 N–H and O–H groups in total. The molecule has 4 nitrogen and oxygen atoms in total. The number of aromatic nitrogens is 1. The Morgan fingerprint density at radius 3 is 2.71 bits per heavy atom. The second-order valence-corrected chi connectivity index (χ2v) is 3.27. The Labute approximate surface area is 83.2 Å². The highest BCUT2D eigenvalue weighted by Gasteiger charge is 2.04. The van der Waals surface area contributed by atoms with Crippen LogP contribution in [-0.4, -0.2) is 34.5 Å². The first-order valence-corrected chi connectivity index (χ1v) is 4.49. The molecule has 0 aliphatic rings. The summed E-state index contributed by atoms with van der Waals surface area (Å²) in [7, 11) is 0. The minimum Gasteiger partial charge on any atom is -0.475 e. The van der Waals surface area contributed by atoms with Crippen LogP contribution < -0.4 is 4.74 Å². The van der Waals surface area contributed by atoms with E-state index in [0.717, 1.165) is 11.3 Å². The fourth-order valence-electron chi connectivity index (χ4n) is 1.11. The maximum Gasteiger partial charge on any atom is 0.213 e. The summed E-state index contributed by atoms with van der Waals surface area (Å²) in [4.78, 5) is 4.13. The van der Waals surface area contributed by atoms with Crippen molar-refractivity contribution in [1.29, 1.82) is 0 Å². The van der Waals surface area contributed by atoms with Crippen molar-refractivity contribution in [2.45, 2.75) is 20.0 Å². The van der Waals surface area contributed by atoms with Crippen molar-refractivity contribution >= 4 is 0 Å². The molecule has 0 saturated heterocycles. The molecule has 0 saturated carbocycles. The number of ether oxygens (including phenoxy) is 1. The minimum absolute atomic E-state index is 0.0619. The van der Waals surface area contributed by atoms with Crippen molar-refractivity contribution in [3.05, 3.63) is 23.4 Å². The van der Waals surface area contributed by atoms with Gasteiger partial charge in [-0.1, -0.05) is 0 Å². The van der Waals surface area contributed by atoms with E-state index in [4.69, 9.17) is 14.9 Å². The molecule has 0 spiro atoms. The second-order valence-electron chi connectivity index (χ2n) is 3.27. The molecule has 1 aromatic rings. The van der Waals surface area contributed by atoms with Crippen LogP contribution >= 0.6 is 0 Å². The van der Waals surface area contributed by atoms with Gasteiger partial charge in [-0.3, -0.25) is 0 Å². The lowest BCUT2D eigenvalue weighted by Crippen LogP contribution is -2.21. The van der Waals surface area contributed by atoms with Gasteiger partial charge in [-0.2, -0.15) is 0 Å². The Hall–Kier alpha value is -1.13. The second kappa shape index (κ2) is 4.93. The normalized spacial score (nSPS) is 12.6. The molecule has 1 aromatic heterocycles. The molecule has 1 rings (SSSR count). The maximum absolute atomic E-state index is 9.06. The molecule has 4 heteroatoms. The highest BCUT2D eigenvalue weighted by atomic mass is 16.5. The lowest BCUT2D eigenvalue weighted by atomic mass is 10.2. The van der Waals surface area contributed by atoms with E-state index in [1.54, 1.807) is 6.07 Å². The quantitative estimate of drug-likeness (QED) is 0.734. The zero-order chi connectivity index (χ0) is 10.6. The van der Waals surface area contributed by atoms with E-state index in [0.29, 0.717) is 5.88 Å². The Morgan fingerprint density at radius 1 is 1.43 bits per heavy atom. The van der Waals surface area contributed by atoms with Gasteiger partial charge in [-0.15, -0.1) is 0 Å². The van der Waals surface area contributed by atoms with E-state index in [1.807, 2.05) is 19.9 Å². The molecular weight excluding hydrogens is 182 g/mol. The monoisotopic (exact) mass is 197 g/mol. The summed E-state index contributed by atoms with van der Waals surface area (Å²) in [5, 5.41) is 17.6. The molecule has 1 heterocycles. The van der Waals surface area contributed by atoms with Gasteiger partial charge in [0.15, 0.2) is 0 Å². The molecule has 0 aliphatic carbocycles. The molecule has 0 bridgehead atoms. The maximum atomic E-state index is 9.06. The Kier molecular flexibility index (Phi) is 3.85. The number of pyridine rings is 1. The lowest BCUT2D eigenvalue weighted by molar-refractivity contribution is 0.0520. The van der Waals surface area contributed by atoms with Crippen molar-refractivity contribution in [2.24, 2.45) is 0 Å². The summed E-state index contributed by atoms with van der Waals surface area (Å²) in [5.41, 5.74) is 1.93. The molecule has 0 amide bonds. The SMILES string of the molecule is Cc1cc(C)nc(OC[C@H](O)CO)c1. The lowest BCUT2D eigenvalue weighted by Gasteiger charge is -2.09. The van der Waals surface area contributed by atoms with E-state index in [1.165, 1.54) is 0 Å². The average molecular weight is 197 g/mol. The first kappa shape index (κ1) is 10.9. The van der Waals surface area contributed by atoms with E-state index in [2.05, 4.69) is 4.98 Å². The van der Waals surface area contributed by atoms with Gasteiger partial charge in [0.05, 0.1) is 6.61 Å². The first-order chi connectivity index (χ1) is 6.61. The van der Waals surface area contributed by atoms with Gasteiger partial charge in [-0.25, -0.2) is 4.98 Å². The summed E-state index contributed by atoms with van der Waals surface area (Å²) in [6.45, 7) is 3.59. The number of aliphatic hydroxyl groups is 2. The molecule has 0 unspecified atom stereocenters. The molecule has 0 aromatic carbocycles. The van der Waals surface area contributed by atoms with Crippen LogP contribution in [-0.2, 0) is 0 Å². The molecule has 1 atom stereocenters. The van der Waals surface area contributed by atoms with E-state index >= 15 is 0 Å². The van der Waals surface area contributed by atoms with E-state index in [9.17, 15) is 0 Å². The zero-order valence-corrected chi connectivity index (χ0v) is 8.40. The van der Waals surface area contributed by atoms with Crippen LogP contribution in [0.1, 0.15) is 11.3 Å². The third-order valence-corrected chi connectivity index (χ3v) is 1.71. The number of rotatable bonds is 4. The van der Waals surface area contributed by atoms with Crippen LogP contribution in [0.15, 0.2) is 12.1 Å². The third kappa shape index (κ3) is 3.32. The van der Waals surface area contributed by atoms with Crippen molar-refractivity contribution in [3.8, 4) is 5.88 Å². The van der Waals surface area contributed by atoms with Crippen LogP contribution in [0.2, 0.25) is 0 Å². The van der Waals surface area contributed by atoms with Gasteiger partial charge in [-0.05, 0) is 25.5 Å². The number of nitrogens with zero attached hydrogens (tertiary/aromatic N) is 1. The van der Waals surface area contributed by atoms with Gasteiger partial charge < -0.3 is 14.9 Å². The molecule has 14 heavy (non-hydrogen) atoms. The largest absolute Gasteiger partial charge is 0.475 e. The average Bonchev–Trinajstić information content (AvgIpc) is 2.12. The summed E-state index contributed by atoms with van der Waals surface area (Å²) >= 11 is 0. The van der Waals surface area contributed by atoms with Gasteiger partial charge in [0.2, 0.25) is 5.88 Å². The van der Waals surface area contributed by atoms with Crippen LogP contribution in [0.4, 0.5) is 0 Å². The summed E-state index contributed by atoms with van der Waals surface area (Å²) < 4.78 is 5.20. The topological polar surface area (TPSA) is 62.6 Å². The molecule has 0 fully saturated rings. The van der Waals surface area contributed by atoms with Gasteiger partial charge >= 0.3 is 0 Å². The van der Waals surface area contributed by atoms with Crippen LogP contribution in [0.5, 0.6) is 5.88 Å². The Bertz CT molecular complexity index is 281. The first-order valence-electron chi connectivity index (χ1n) is 4.49. The molecule has 0 radical (unpaired) electrons. The molecular formula is C10H15NO3. The highest BCUT2D eigenvalue weighted by Crippen LogP contribution is 2.11. The van der Waals surface area contributed by atoms with Crippen molar-refractivity contribution < 1.29 is 14.9 Å². The van der Waals surface area contributed by atoms with Crippen molar-refractivity contribution in [3.63, 3.8) is 0 Å². The number of hydrogen-bond acceptors (Lipinski definition) is 4. The predicted octanol–water partition coefficient (Wildman–Crippen LogP) is 0.430. The summed E-state index contributed by atoms with van der Waals surface area (Å²) in [5.74, 6) is 0.481. The zero-order valence-electron chi connectivity index (χ0n) is 8.40. The van der Waals surface area contributed by atoms with Crippen LogP contribution in [0.3, 0.4) is 0 Å². The van der Waals surface area contributed by atoms with Gasteiger partial charge in [0.25, 0.3) is 0 Å². The highest BCUT2D eigenvalue weighted by molar-refractivity contribution is 5.23. The van der Waals surface area contributed by atoms with Gasteiger partial charge in [0, 0.05) is 11.8 Å². The van der Waals surface area contributed by atoms with Gasteiger partial charge in [0.1, 0.15) is 12.7 Å². The number of aliphatic hydroxyl groups excluding tert-OH is 2. The fourth-order valence-corrected chi connectivity index (χ4v) is 1.11. The predicted molar refractivity (Wildman–Crippen MR) is 52.3 cm³/mol.